The van der Waals surface area contributed by atoms with Gasteiger partial charge in [-0.15, -0.1) is 0 Å². The highest BCUT2D eigenvalue weighted by molar-refractivity contribution is 5.56. The van der Waals surface area contributed by atoms with Crippen LogP contribution in [0.1, 0.15) is 42.5 Å². The van der Waals surface area contributed by atoms with Crippen molar-refractivity contribution in [2.24, 2.45) is 5.73 Å². The molecule has 0 heterocycles. The number of hydrogen-bond donors (Lipinski definition) is 2. The van der Waals surface area contributed by atoms with Crippen LogP contribution in [0.15, 0.2) is 12.1 Å². The molecule has 0 aliphatic heterocycles. The van der Waals surface area contributed by atoms with Gasteiger partial charge in [-0.25, -0.2) is 0 Å². The van der Waals surface area contributed by atoms with Crippen molar-refractivity contribution < 1.29 is 0 Å². The SMILES string of the molecule is CC[C@@H](N)c1c(N)ccc2c1CCC2. The molecular weight excluding hydrogens is 172 g/mol. The van der Waals surface area contributed by atoms with Crippen LogP contribution in [0.25, 0.3) is 0 Å². The Kier molecular flexibility index (Phi) is 2.46. The van der Waals surface area contributed by atoms with Crippen LogP contribution in [0.2, 0.25) is 0 Å². The number of anilines is 1. The van der Waals surface area contributed by atoms with E-state index in [4.69, 9.17) is 11.5 Å². The van der Waals surface area contributed by atoms with Crippen LogP contribution in [0.3, 0.4) is 0 Å². The quantitative estimate of drug-likeness (QED) is 0.702. The average molecular weight is 190 g/mol. The van der Waals surface area contributed by atoms with Crippen LogP contribution in [-0.2, 0) is 12.8 Å². The predicted molar refractivity (Wildman–Crippen MR) is 60.1 cm³/mol. The van der Waals surface area contributed by atoms with Gasteiger partial charge in [-0.1, -0.05) is 13.0 Å². The second kappa shape index (κ2) is 3.62. The van der Waals surface area contributed by atoms with E-state index in [1.165, 1.54) is 29.5 Å². The second-order valence-corrected chi connectivity index (χ2v) is 4.07. The van der Waals surface area contributed by atoms with E-state index < -0.39 is 0 Å². The van der Waals surface area contributed by atoms with Gasteiger partial charge in [0, 0.05) is 11.7 Å². The summed E-state index contributed by atoms with van der Waals surface area (Å²) < 4.78 is 0. The largest absolute Gasteiger partial charge is 0.398 e. The Balaban J connectivity index is 2.51. The number of nitrogen functional groups attached to an aromatic ring is 1. The molecule has 0 fully saturated rings. The van der Waals surface area contributed by atoms with Gasteiger partial charge >= 0.3 is 0 Å². The Hall–Kier alpha value is -1.02. The summed E-state index contributed by atoms with van der Waals surface area (Å²) in [6.45, 7) is 2.11. The van der Waals surface area contributed by atoms with Crippen molar-refractivity contribution in [3.05, 3.63) is 28.8 Å². The van der Waals surface area contributed by atoms with Crippen LogP contribution in [-0.4, -0.2) is 0 Å². The minimum atomic E-state index is 0.114. The van der Waals surface area contributed by atoms with Crippen molar-refractivity contribution in [3.8, 4) is 0 Å². The summed E-state index contributed by atoms with van der Waals surface area (Å²) in [7, 11) is 0. The summed E-state index contributed by atoms with van der Waals surface area (Å²) in [5.74, 6) is 0. The maximum absolute atomic E-state index is 6.09. The predicted octanol–water partition coefficient (Wildman–Crippen LogP) is 2.17. The molecule has 0 saturated carbocycles. The fourth-order valence-corrected chi connectivity index (χ4v) is 2.36. The molecule has 1 aromatic carbocycles. The first-order valence-electron chi connectivity index (χ1n) is 5.39. The van der Waals surface area contributed by atoms with E-state index in [1.807, 2.05) is 6.07 Å². The van der Waals surface area contributed by atoms with Crippen molar-refractivity contribution in [3.63, 3.8) is 0 Å². The topological polar surface area (TPSA) is 52.0 Å². The highest BCUT2D eigenvalue weighted by Gasteiger charge is 2.19. The maximum Gasteiger partial charge on any atom is 0.0365 e. The molecule has 0 aromatic heterocycles. The number of hydrogen-bond acceptors (Lipinski definition) is 2. The lowest BCUT2D eigenvalue weighted by molar-refractivity contribution is 0.692. The lowest BCUT2D eigenvalue weighted by Crippen LogP contribution is -2.14. The minimum absolute atomic E-state index is 0.114. The van der Waals surface area contributed by atoms with Crippen LogP contribution in [0, 0.1) is 0 Å². The molecule has 4 N–H and O–H groups in total. The Morgan fingerprint density at radius 1 is 1.36 bits per heavy atom. The summed E-state index contributed by atoms with van der Waals surface area (Å²) in [6, 6.07) is 4.28. The molecule has 2 nitrogen and oxygen atoms in total. The molecule has 0 bridgehead atoms. The molecule has 1 atom stereocenters. The van der Waals surface area contributed by atoms with Crippen molar-refractivity contribution >= 4 is 5.69 Å². The second-order valence-electron chi connectivity index (χ2n) is 4.07. The standard InChI is InChI=1S/C12H18N2/c1-2-10(13)12-9-5-3-4-8(9)6-7-11(12)14/h6-7,10H,2-5,13-14H2,1H3/t10-/m1/s1. The van der Waals surface area contributed by atoms with Crippen LogP contribution < -0.4 is 11.5 Å². The Morgan fingerprint density at radius 2 is 2.14 bits per heavy atom. The molecule has 1 aliphatic carbocycles. The molecule has 2 rings (SSSR count). The molecule has 1 aromatic rings. The zero-order chi connectivity index (χ0) is 10.1. The van der Waals surface area contributed by atoms with Gasteiger partial charge in [0.2, 0.25) is 0 Å². The van der Waals surface area contributed by atoms with Gasteiger partial charge in [-0.05, 0) is 48.4 Å². The first-order chi connectivity index (χ1) is 6.74. The van der Waals surface area contributed by atoms with Gasteiger partial charge < -0.3 is 11.5 Å². The molecule has 0 radical (unpaired) electrons. The fraction of sp³-hybridized carbons (Fsp3) is 0.500. The van der Waals surface area contributed by atoms with E-state index in [9.17, 15) is 0 Å². The van der Waals surface area contributed by atoms with Crippen molar-refractivity contribution in [2.45, 2.75) is 38.6 Å². The fourth-order valence-electron chi connectivity index (χ4n) is 2.36. The lowest BCUT2D eigenvalue weighted by atomic mass is 9.94. The Bertz CT molecular complexity index is 344. The highest BCUT2D eigenvalue weighted by atomic mass is 14.7. The number of fused-ring (bicyclic) bond motifs is 1. The Labute approximate surface area is 85.3 Å². The first kappa shape index (κ1) is 9.53. The summed E-state index contributed by atoms with van der Waals surface area (Å²) in [5.41, 5.74) is 17.1. The number of nitrogens with two attached hydrogens (primary N) is 2. The zero-order valence-corrected chi connectivity index (χ0v) is 8.72. The summed E-state index contributed by atoms with van der Waals surface area (Å²) in [5, 5.41) is 0. The molecular formula is C12H18N2. The highest BCUT2D eigenvalue weighted by Crippen LogP contribution is 2.33. The van der Waals surface area contributed by atoms with Crippen molar-refractivity contribution in [1.29, 1.82) is 0 Å². The van der Waals surface area contributed by atoms with Crippen LogP contribution in [0.4, 0.5) is 5.69 Å². The lowest BCUT2D eigenvalue weighted by Gasteiger charge is -2.17. The molecule has 1 aliphatic rings. The van der Waals surface area contributed by atoms with E-state index >= 15 is 0 Å². The molecule has 14 heavy (non-hydrogen) atoms. The van der Waals surface area contributed by atoms with Crippen LogP contribution in [0.5, 0.6) is 0 Å². The van der Waals surface area contributed by atoms with Crippen molar-refractivity contribution in [2.75, 3.05) is 5.73 Å². The third-order valence-corrected chi connectivity index (χ3v) is 3.17. The van der Waals surface area contributed by atoms with Gasteiger partial charge in [0.1, 0.15) is 0 Å². The van der Waals surface area contributed by atoms with Gasteiger partial charge in [-0.2, -0.15) is 0 Å². The number of benzene rings is 1. The summed E-state index contributed by atoms with van der Waals surface area (Å²) >= 11 is 0. The monoisotopic (exact) mass is 190 g/mol. The van der Waals surface area contributed by atoms with Gasteiger partial charge in [0.05, 0.1) is 0 Å². The summed E-state index contributed by atoms with van der Waals surface area (Å²) in [4.78, 5) is 0. The van der Waals surface area contributed by atoms with Gasteiger partial charge in [0.15, 0.2) is 0 Å². The number of rotatable bonds is 2. The molecule has 0 unspecified atom stereocenters. The molecule has 0 saturated heterocycles. The van der Waals surface area contributed by atoms with E-state index in [-0.39, 0.29) is 6.04 Å². The third kappa shape index (κ3) is 1.40. The third-order valence-electron chi connectivity index (χ3n) is 3.17. The molecule has 2 heteroatoms. The summed E-state index contributed by atoms with van der Waals surface area (Å²) in [6.07, 6.45) is 4.56. The zero-order valence-electron chi connectivity index (χ0n) is 8.72. The maximum atomic E-state index is 6.09. The molecule has 76 valence electrons. The van der Waals surface area contributed by atoms with Crippen LogP contribution >= 0.6 is 0 Å². The minimum Gasteiger partial charge on any atom is -0.398 e. The molecule has 0 amide bonds. The van der Waals surface area contributed by atoms with E-state index in [0.717, 1.165) is 18.5 Å². The van der Waals surface area contributed by atoms with Crippen molar-refractivity contribution in [1.82, 2.24) is 0 Å². The molecule has 0 spiro atoms. The first-order valence-corrected chi connectivity index (χ1v) is 5.39. The van der Waals surface area contributed by atoms with E-state index in [2.05, 4.69) is 13.0 Å². The van der Waals surface area contributed by atoms with E-state index in [1.54, 1.807) is 0 Å². The van der Waals surface area contributed by atoms with Gasteiger partial charge in [0.25, 0.3) is 0 Å². The Morgan fingerprint density at radius 3 is 2.86 bits per heavy atom. The van der Waals surface area contributed by atoms with Gasteiger partial charge in [-0.3, -0.25) is 0 Å². The smallest absolute Gasteiger partial charge is 0.0365 e. The number of aryl methyl sites for hydroxylation is 1. The average Bonchev–Trinajstić information content (AvgIpc) is 2.64. The van der Waals surface area contributed by atoms with E-state index in [0.29, 0.717) is 0 Å². The normalized spacial score (nSPS) is 16.7.